The second-order valence-electron chi connectivity index (χ2n) is 3.00. The lowest BCUT2D eigenvalue weighted by Crippen LogP contribution is -2.20. The SMILES string of the molecule is N#CC1CCc2cccc(Cl)c2O1. The Labute approximate surface area is 81.7 Å². The van der Waals surface area contributed by atoms with Gasteiger partial charge in [0.2, 0.25) is 0 Å². The Kier molecular flexibility index (Phi) is 2.12. The van der Waals surface area contributed by atoms with Gasteiger partial charge in [-0.25, -0.2) is 0 Å². The predicted molar refractivity (Wildman–Crippen MR) is 49.8 cm³/mol. The van der Waals surface area contributed by atoms with E-state index in [1.54, 1.807) is 6.07 Å². The molecule has 0 N–H and O–H groups in total. The van der Waals surface area contributed by atoms with Crippen molar-refractivity contribution < 1.29 is 4.74 Å². The van der Waals surface area contributed by atoms with E-state index in [4.69, 9.17) is 21.6 Å². The van der Waals surface area contributed by atoms with Gasteiger partial charge in [0, 0.05) is 6.42 Å². The number of aryl methyl sites for hydroxylation is 1. The molecule has 13 heavy (non-hydrogen) atoms. The van der Waals surface area contributed by atoms with Crippen LogP contribution in [-0.4, -0.2) is 6.10 Å². The first-order valence-electron chi connectivity index (χ1n) is 4.15. The number of nitrogens with zero attached hydrogens (tertiary/aromatic N) is 1. The third-order valence-electron chi connectivity index (χ3n) is 2.13. The highest BCUT2D eigenvalue weighted by atomic mass is 35.5. The van der Waals surface area contributed by atoms with Gasteiger partial charge in [0.1, 0.15) is 11.8 Å². The van der Waals surface area contributed by atoms with Crippen molar-refractivity contribution in [1.82, 2.24) is 0 Å². The lowest BCUT2D eigenvalue weighted by Gasteiger charge is -2.21. The summed E-state index contributed by atoms with van der Waals surface area (Å²) in [4.78, 5) is 0. The molecule has 0 aliphatic carbocycles. The van der Waals surface area contributed by atoms with Crippen LogP contribution in [0.4, 0.5) is 0 Å². The third-order valence-corrected chi connectivity index (χ3v) is 2.43. The quantitative estimate of drug-likeness (QED) is 0.635. The van der Waals surface area contributed by atoms with Gasteiger partial charge in [-0.3, -0.25) is 0 Å². The molecule has 1 unspecified atom stereocenters. The zero-order chi connectivity index (χ0) is 9.26. The van der Waals surface area contributed by atoms with Crippen molar-refractivity contribution in [3.8, 4) is 11.8 Å². The average Bonchev–Trinajstić information content (AvgIpc) is 2.18. The topological polar surface area (TPSA) is 33.0 Å². The molecular weight excluding hydrogens is 186 g/mol. The maximum absolute atomic E-state index is 8.69. The number of hydrogen-bond acceptors (Lipinski definition) is 2. The Morgan fingerprint density at radius 3 is 3.15 bits per heavy atom. The molecule has 0 radical (unpaired) electrons. The molecule has 0 saturated carbocycles. The van der Waals surface area contributed by atoms with Crippen LogP contribution in [0.2, 0.25) is 5.02 Å². The van der Waals surface area contributed by atoms with Crippen LogP contribution < -0.4 is 4.74 Å². The van der Waals surface area contributed by atoms with Gasteiger partial charge in [0.25, 0.3) is 0 Å². The summed E-state index contributed by atoms with van der Waals surface area (Å²) in [6.07, 6.45) is 1.28. The molecule has 0 fully saturated rings. The second kappa shape index (κ2) is 3.27. The molecule has 2 rings (SSSR count). The Morgan fingerprint density at radius 1 is 1.54 bits per heavy atom. The van der Waals surface area contributed by atoms with E-state index in [0.717, 1.165) is 18.4 Å². The molecule has 0 spiro atoms. The van der Waals surface area contributed by atoms with E-state index in [9.17, 15) is 0 Å². The van der Waals surface area contributed by atoms with Gasteiger partial charge in [0.15, 0.2) is 6.10 Å². The minimum atomic E-state index is -0.340. The Balaban J connectivity index is 2.39. The molecule has 1 aromatic rings. The molecule has 66 valence electrons. The highest BCUT2D eigenvalue weighted by molar-refractivity contribution is 6.32. The summed E-state index contributed by atoms with van der Waals surface area (Å²) in [7, 11) is 0. The van der Waals surface area contributed by atoms with E-state index < -0.39 is 0 Å². The second-order valence-corrected chi connectivity index (χ2v) is 3.41. The van der Waals surface area contributed by atoms with Gasteiger partial charge in [-0.05, 0) is 18.1 Å². The first-order valence-corrected chi connectivity index (χ1v) is 4.52. The summed E-state index contributed by atoms with van der Waals surface area (Å²) in [5.74, 6) is 0.682. The summed E-state index contributed by atoms with van der Waals surface area (Å²) >= 11 is 5.93. The smallest absolute Gasteiger partial charge is 0.184 e. The van der Waals surface area contributed by atoms with Crippen LogP contribution in [0.25, 0.3) is 0 Å². The standard InChI is InChI=1S/C10H8ClNO/c11-9-3-1-2-7-4-5-8(6-12)13-10(7)9/h1-3,8H,4-5H2. The van der Waals surface area contributed by atoms with Crippen molar-refractivity contribution >= 4 is 11.6 Å². The van der Waals surface area contributed by atoms with Gasteiger partial charge < -0.3 is 4.74 Å². The average molecular weight is 194 g/mol. The monoisotopic (exact) mass is 193 g/mol. The number of halogens is 1. The van der Waals surface area contributed by atoms with E-state index in [-0.39, 0.29) is 6.10 Å². The fourth-order valence-electron chi connectivity index (χ4n) is 1.46. The van der Waals surface area contributed by atoms with Crippen molar-refractivity contribution in [3.63, 3.8) is 0 Å². The van der Waals surface area contributed by atoms with Crippen LogP contribution in [0.1, 0.15) is 12.0 Å². The van der Waals surface area contributed by atoms with E-state index in [2.05, 4.69) is 6.07 Å². The molecule has 1 aliphatic rings. The van der Waals surface area contributed by atoms with Crippen molar-refractivity contribution in [1.29, 1.82) is 5.26 Å². The molecular formula is C10H8ClNO. The Hall–Kier alpha value is -1.20. The van der Waals surface area contributed by atoms with Crippen molar-refractivity contribution in [2.24, 2.45) is 0 Å². The third kappa shape index (κ3) is 1.48. The van der Waals surface area contributed by atoms with Crippen molar-refractivity contribution in [3.05, 3.63) is 28.8 Å². The number of benzene rings is 1. The van der Waals surface area contributed by atoms with E-state index >= 15 is 0 Å². The molecule has 1 aliphatic heterocycles. The van der Waals surface area contributed by atoms with Crippen LogP contribution in [0.3, 0.4) is 0 Å². The molecule has 3 heteroatoms. The predicted octanol–water partition coefficient (Wildman–Crippen LogP) is 2.56. The lowest BCUT2D eigenvalue weighted by molar-refractivity contribution is 0.225. The van der Waals surface area contributed by atoms with Gasteiger partial charge >= 0.3 is 0 Å². The first-order chi connectivity index (χ1) is 6.31. The largest absolute Gasteiger partial charge is 0.474 e. The van der Waals surface area contributed by atoms with Gasteiger partial charge in [0.05, 0.1) is 5.02 Å². The van der Waals surface area contributed by atoms with Crippen LogP contribution in [-0.2, 0) is 6.42 Å². The van der Waals surface area contributed by atoms with E-state index in [1.807, 2.05) is 12.1 Å². The number of ether oxygens (including phenoxy) is 1. The molecule has 0 saturated heterocycles. The Bertz CT molecular complexity index is 370. The summed E-state index contributed by atoms with van der Waals surface area (Å²) in [5.41, 5.74) is 1.10. The molecule has 0 aromatic heterocycles. The lowest BCUT2D eigenvalue weighted by atomic mass is 10.0. The van der Waals surface area contributed by atoms with Crippen molar-refractivity contribution in [2.45, 2.75) is 18.9 Å². The van der Waals surface area contributed by atoms with Crippen LogP contribution in [0.5, 0.6) is 5.75 Å². The summed E-state index contributed by atoms with van der Waals surface area (Å²) in [5, 5.41) is 9.28. The van der Waals surface area contributed by atoms with E-state index in [1.165, 1.54) is 0 Å². The van der Waals surface area contributed by atoms with Crippen LogP contribution >= 0.6 is 11.6 Å². The fraction of sp³-hybridized carbons (Fsp3) is 0.300. The molecule has 1 atom stereocenters. The number of fused-ring (bicyclic) bond motifs is 1. The Morgan fingerprint density at radius 2 is 2.38 bits per heavy atom. The number of hydrogen-bond donors (Lipinski definition) is 0. The molecule has 1 heterocycles. The molecule has 0 amide bonds. The summed E-state index contributed by atoms with van der Waals surface area (Å²) < 4.78 is 5.42. The van der Waals surface area contributed by atoms with Crippen LogP contribution in [0, 0.1) is 11.3 Å². The van der Waals surface area contributed by atoms with Gasteiger partial charge in [-0.2, -0.15) is 5.26 Å². The number of nitriles is 1. The zero-order valence-corrected chi connectivity index (χ0v) is 7.71. The zero-order valence-electron chi connectivity index (χ0n) is 6.96. The normalized spacial score (nSPS) is 19.8. The van der Waals surface area contributed by atoms with Crippen molar-refractivity contribution in [2.75, 3.05) is 0 Å². The molecule has 2 nitrogen and oxygen atoms in total. The minimum Gasteiger partial charge on any atom is -0.474 e. The number of para-hydroxylation sites is 1. The number of rotatable bonds is 0. The molecule has 0 bridgehead atoms. The summed E-state index contributed by atoms with van der Waals surface area (Å²) in [6.45, 7) is 0. The minimum absolute atomic E-state index is 0.340. The fourth-order valence-corrected chi connectivity index (χ4v) is 1.70. The van der Waals surface area contributed by atoms with Gasteiger partial charge in [-0.1, -0.05) is 23.7 Å². The highest BCUT2D eigenvalue weighted by Gasteiger charge is 2.20. The van der Waals surface area contributed by atoms with Gasteiger partial charge in [-0.15, -0.1) is 0 Å². The first kappa shape index (κ1) is 8.40. The van der Waals surface area contributed by atoms with Crippen LogP contribution in [0.15, 0.2) is 18.2 Å². The van der Waals surface area contributed by atoms with E-state index in [0.29, 0.717) is 10.8 Å². The molecule has 1 aromatic carbocycles. The summed E-state index contributed by atoms with van der Waals surface area (Å²) in [6, 6.07) is 7.75. The maximum atomic E-state index is 8.69. The highest BCUT2D eigenvalue weighted by Crippen LogP contribution is 2.34. The maximum Gasteiger partial charge on any atom is 0.184 e.